The average Bonchev–Trinajstić information content (AvgIpc) is 3.09. The molecule has 5 aromatic carbocycles. The van der Waals surface area contributed by atoms with Crippen molar-refractivity contribution >= 4 is 62.9 Å². The van der Waals surface area contributed by atoms with Crippen molar-refractivity contribution in [2.45, 2.75) is 10.1 Å². The molecule has 0 aliphatic rings. The van der Waals surface area contributed by atoms with E-state index in [1.165, 1.54) is 31.0 Å². The first-order valence-electron chi connectivity index (χ1n) is 14.4. The molecule has 5 aromatic rings. The normalized spacial score (nSPS) is 11.7. The number of methoxy groups -OCH3 is 1. The molecule has 7 nitrogen and oxygen atoms in total. The first-order chi connectivity index (χ1) is 22.8. The third-order valence-electron chi connectivity index (χ3n) is 6.86. The topological polar surface area (TPSA) is 96.5 Å². The number of halogens is 2. The second-order valence-corrected chi connectivity index (χ2v) is 12.2. The van der Waals surface area contributed by atoms with E-state index in [2.05, 4.69) is 31.9 Å². The van der Waals surface area contributed by atoms with Crippen LogP contribution in [-0.4, -0.2) is 24.8 Å². The van der Waals surface area contributed by atoms with Crippen LogP contribution >= 0.6 is 27.7 Å². The van der Waals surface area contributed by atoms with Gasteiger partial charge in [0, 0.05) is 26.2 Å². The molecule has 47 heavy (non-hydrogen) atoms. The first-order valence-corrected chi connectivity index (χ1v) is 16.1. The smallest absolute Gasteiger partial charge is 0.272 e. The van der Waals surface area contributed by atoms with Gasteiger partial charge in [0.2, 0.25) is 5.91 Å². The number of anilines is 2. The quantitative estimate of drug-likeness (QED) is 0.0945. The number of carbonyl (C=O) groups excluding carboxylic acids is 3. The van der Waals surface area contributed by atoms with Crippen molar-refractivity contribution in [2.75, 3.05) is 17.7 Å². The van der Waals surface area contributed by atoms with Gasteiger partial charge in [-0.15, -0.1) is 11.8 Å². The Labute approximate surface area is 284 Å². The molecule has 0 saturated heterocycles. The van der Waals surface area contributed by atoms with Gasteiger partial charge in [-0.1, -0.05) is 82.7 Å². The van der Waals surface area contributed by atoms with Gasteiger partial charge < -0.3 is 20.7 Å². The summed E-state index contributed by atoms with van der Waals surface area (Å²) in [5, 5.41) is 7.57. The highest BCUT2D eigenvalue weighted by Crippen LogP contribution is 2.37. The van der Waals surface area contributed by atoms with Gasteiger partial charge >= 0.3 is 0 Å². The highest BCUT2D eigenvalue weighted by atomic mass is 79.9. The molecule has 0 bridgehead atoms. The highest BCUT2D eigenvalue weighted by Gasteiger charge is 2.23. The van der Waals surface area contributed by atoms with Crippen molar-refractivity contribution in [1.82, 2.24) is 5.32 Å². The molecule has 0 aromatic heterocycles. The van der Waals surface area contributed by atoms with Crippen molar-refractivity contribution in [3.63, 3.8) is 0 Å². The summed E-state index contributed by atoms with van der Waals surface area (Å²) in [5.74, 6) is -1.39. The fourth-order valence-corrected chi connectivity index (χ4v) is 5.88. The number of hydrogen-bond acceptors (Lipinski definition) is 5. The Morgan fingerprint density at radius 1 is 0.809 bits per heavy atom. The Bertz CT molecular complexity index is 1900. The lowest BCUT2D eigenvalue weighted by Gasteiger charge is -2.18. The van der Waals surface area contributed by atoms with Gasteiger partial charge in [0.05, 0.1) is 12.8 Å². The van der Waals surface area contributed by atoms with E-state index in [1.54, 1.807) is 84.9 Å². The summed E-state index contributed by atoms with van der Waals surface area (Å²) in [4.78, 5) is 40.7. The van der Waals surface area contributed by atoms with Crippen LogP contribution in [-0.2, 0) is 9.59 Å². The molecule has 0 fully saturated rings. The number of amides is 3. The van der Waals surface area contributed by atoms with Gasteiger partial charge in [-0.05, 0) is 72.3 Å². The summed E-state index contributed by atoms with van der Waals surface area (Å²) in [7, 11) is 1.53. The van der Waals surface area contributed by atoms with Crippen LogP contribution in [0, 0.1) is 5.82 Å². The highest BCUT2D eigenvalue weighted by molar-refractivity contribution is 9.10. The summed E-state index contributed by atoms with van der Waals surface area (Å²) in [5.41, 5.74) is 2.31. The second-order valence-electron chi connectivity index (χ2n) is 10.1. The summed E-state index contributed by atoms with van der Waals surface area (Å²) >= 11 is 4.52. The Balaban J connectivity index is 1.34. The zero-order valence-electron chi connectivity index (χ0n) is 25.1. The van der Waals surface area contributed by atoms with Crippen LogP contribution in [0.3, 0.4) is 0 Å². The lowest BCUT2D eigenvalue weighted by atomic mass is 10.1. The molecule has 1 atom stereocenters. The monoisotopic (exact) mass is 709 g/mol. The Kier molecular flexibility index (Phi) is 11.2. The third-order valence-corrected chi connectivity index (χ3v) is 8.62. The molecular formula is C37H29BrFN3O4S. The fraction of sp³-hybridized carbons (Fsp3) is 0.0541. The Hall–Kier alpha value is -5.19. The van der Waals surface area contributed by atoms with Crippen LogP contribution in [0.2, 0.25) is 0 Å². The van der Waals surface area contributed by atoms with Crippen LogP contribution in [0.25, 0.3) is 6.08 Å². The van der Waals surface area contributed by atoms with E-state index in [4.69, 9.17) is 4.74 Å². The number of nitrogens with one attached hydrogen (secondary N) is 3. The van der Waals surface area contributed by atoms with Crippen molar-refractivity contribution in [3.8, 4) is 5.75 Å². The number of thioether (sulfide) groups is 1. The minimum Gasteiger partial charge on any atom is -0.496 e. The standard InChI is InChI=1S/C37H29BrFN3O4S/c1-46-33-15-9-8-14-26(33)22-32(42-35(43)25-12-6-3-7-13-25)36(44)40-28-17-19-29(20-18-28)47-34(24-10-4-2-5-11-24)37(45)41-31-21-16-27(38)23-30(31)39/h2-23,34H,1H3,(H,40,44)(H,41,45)(H,42,43)/b32-22-. The first kappa shape index (κ1) is 33.2. The third kappa shape index (κ3) is 8.96. The van der Waals surface area contributed by atoms with E-state index in [0.717, 1.165) is 10.5 Å². The van der Waals surface area contributed by atoms with E-state index >= 15 is 0 Å². The van der Waals surface area contributed by atoms with Crippen LogP contribution in [0.5, 0.6) is 5.75 Å². The van der Waals surface area contributed by atoms with Gasteiger partial charge in [-0.25, -0.2) is 4.39 Å². The lowest BCUT2D eigenvalue weighted by molar-refractivity contribution is -0.116. The molecule has 0 radical (unpaired) electrons. The molecule has 236 valence electrons. The van der Waals surface area contributed by atoms with Crippen LogP contribution in [0.4, 0.5) is 15.8 Å². The van der Waals surface area contributed by atoms with Gasteiger partial charge in [0.15, 0.2) is 0 Å². The zero-order chi connectivity index (χ0) is 33.2. The summed E-state index contributed by atoms with van der Waals surface area (Å²) in [6.07, 6.45) is 1.55. The van der Waals surface area contributed by atoms with E-state index < -0.39 is 22.9 Å². The predicted molar refractivity (Wildman–Crippen MR) is 188 cm³/mol. The molecule has 3 N–H and O–H groups in total. The minimum atomic E-state index is -0.691. The number of para-hydroxylation sites is 1. The van der Waals surface area contributed by atoms with Crippen molar-refractivity contribution < 1.29 is 23.5 Å². The molecule has 5 rings (SSSR count). The second kappa shape index (κ2) is 15.9. The number of carbonyl (C=O) groups is 3. The van der Waals surface area contributed by atoms with Crippen LogP contribution < -0.4 is 20.7 Å². The van der Waals surface area contributed by atoms with Crippen molar-refractivity contribution in [1.29, 1.82) is 0 Å². The van der Waals surface area contributed by atoms with Crippen LogP contribution in [0.15, 0.2) is 142 Å². The van der Waals surface area contributed by atoms with Crippen LogP contribution in [0.1, 0.15) is 26.7 Å². The van der Waals surface area contributed by atoms with Gasteiger partial charge in [-0.3, -0.25) is 14.4 Å². The maximum absolute atomic E-state index is 14.5. The van der Waals surface area contributed by atoms with E-state index in [-0.39, 0.29) is 17.3 Å². The Morgan fingerprint density at radius 3 is 2.15 bits per heavy atom. The maximum atomic E-state index is 14.5. The number of ether oxygens (including phenoxy) is 1. The van der Waals surface area contributed by atoms with E-state index in [9.17, 15) is 18.8 Å². The molecule has 0 spiro atoms. The van der Waals surface area contributed by atoms with E-state index in [0.29, 0.717) is 27.0 Å². The van der Waals surface area contributed by atoms with Gasteiger partial charge in [0.25, 0.3) is 11.8 Å². The minimum absolute atomic E-state index is 0.0165. The molecule has 0 heterocycles. The van der Waals surface area contributed by atoms with E-state index in [1.807, 2.05) is 36.4 Å². The molecule has 0 aliphatic carbocycles. The number of benzene rings is 5. The molecule has 0 saturated carbocycles. The molecular weight excluding hydrogens is 681 g/mol. The molecule has 10 heteroatoms. The van der Waals surface area contributed by atoms with Crippen molar-refractivity contribution in [3.05, 3.63) is 160 Å². The summed E-state index contributed by atoms with van der Waals surface area (Å²) < 4.78 is 20.5. The maximum Gasteiger partial charge on any atom is 0.272 e. The van der Waals surface area contributed by atoms with Gasteiger partial charge in [-0.2, -0.15) is 0 Å². The predicted octanol–water partition coefficient (Wildman–Crippen LogP) is 8.48. The molecule has 3 amide bonds. The Morgan fingerprint density at radius 2 is 1.47 bits per heavy atom. The molecule has 1 unspecified atom stereocenters. The summed E-state index contributed by atoms with van der Waals surface area (Å²) in [6.45, 7) is 0. The fourth-order valence-electron chi connectivity index (χ4n) is 4.52. The molecule has 0 aliphatic heterocycles. The lowest BCUT2D eigenvalue weighted by Crippen LogP contribution is -2.30. The van der Waals surface area contributed by atoms with Crippen molar-refractivity contribution in [2.24, 2.45) is 0 Å². The zero-order valence-corrected chi connectivity index (χ0v) is 27.5. The largest absolute Gasteiger partial charge is 0.496 e. The summed E-state index contributed by atoms with van der Waals surface area (Å²) in [6, 6.07) is 36.3. The number of rotatable bonds is 11. The average molecular weight is 711 g/mol. The van der Waals surface area contributed by atoms with Gasteiger partial charge in [0.1, 0.15) is 22.5 Å². The SMILES string of the molecule is COc1ccccc1/C=C(\NC(=O)c1ccccc1)C(=O)Nc1ccc(SC(C(=O)Nc2ccc(Br)cc2F)c2ccccc2)cc1. The number of hydrogen-bond donors (Lipinski definition) is 3.